The van der Waals surface area contributed by atoms with Crippen molar-refractivity contribution in [3.8, 4) is 0 Å². The van der Waals surface area contributed by atoms with Gasteiger partial charge in [0.2, 0.25) is 0 Å². The standard InChI is InChI=1S/C13H21N3O/c1-10(17-2)7-16-13-9-14-6-5-11(13)8-15-12-3-4-12/h5-6,9-10,12,15-16H,3-4,7-8H2,1-2H3. The van der Waals surface area contributed by atoms with Gasteiger partial charge in [0, 0.05) is 32.4 Å². The predicted octanol–water partition coefficient (Wildman–Crippen LogP) is 1.78. The average molecular weight is 235 g/mol. The second-order valence-corrected chi connectivity index (χ2v) is 4.62. The topological polar surface area (TPSA) is 46.2 Å². The van der Waals surface area contributed by atoms with Crippen molar-refractivity contribution >= 4 is 5.69 Å². The molecule has 1 heterocycles. The van der Waals surface area contributed by atoms with Crippen LogP contribution < -0.4 is 10.6 Å². The molecular formula is C13H21N3O. The van der Waals surface area contributed by atoms with Gasteiger partial charge in [0.15, 0.2) is 0 Å². The van der Waals surface area contributed by atoms with Crippen LogP contribution in [0.25, 0.3) is 0 Å². The summed E-state index contributed by atoms with van der Waals surface area (Å²) in [6, 6.07) is 2.80. The lowest BCUT2D eigenvalue weighted by Crippen LogP contribution is -2.21. The van der Waals surface area contributed by atoms with Crippen molar-refractivity contribution in [2.24, 2.45) is 0 Å². The van der Waals surface area contributed by atoms with Crippen LogP contribution in [0.3, 0.4) is 0 Å². The summed E-state index contributed by atoms with van der Waals surface area (Å²) in [4.78, 5) is 4.16. The highest BCUT2D eigenvalue weighted by Crippen LogP contribution is 2.21. The molecule has 0 aromatic carbocycles. The van der Waals surface area contributed by atoms with Crippen LogP contribution in [0, 0.1) is 0 Å². The number of hydrogen-bond acceptors (Lipinski definition) is 4. The Morgan fingerprint density at radius 2 is 2.35 bits per heavy atom. The van der Waals surface area contributed by atoms with Crippen molar-refractivity contribution in [3.63, 3.8) is 0 Å². The van der Waals surface area contributed by atoms with Gasteiger partial charge >= 0.3 is 0 Å². The molecule has 0 saturated heterocycles. The normalized spacial score (nSPS) is 16.8. The molecule has 2 rings (SSSR count). The van der Waals surface area contributed by atoms with Gasteiger partial charge in [-0.05, 0) is 31.4 Å². The van der Waals surface area contributed by atoms with E-state index in [4.69, 9.17) is 4.74 Å². The van der Waals surface area contributed by atoms with Crippen LogP contribution in [-0.2, 0) is 11.3 Å². The third-order valence-electron chi connectivity index (χ3n) is 3.05. The minimum Gasteiger partial charge on any atom is -0.381 e. The van der Waals surface area contributed by atoms with E-state index >= 15 is 0 Å². The molecule has 0 amide bonds. The van der Waals surface area contributed by atoms with E-state index in [0.29, 0.717) is 0 Å². The fourth-order valence-corrected chi connectivity index (χ4v) is 1.62. The van der Waals surface area contributed by atoms with Gasteiger partial charge in [0.1, 0.15) is 0 Å². The number of ether oxygens (including phenoxy) is 1. The van der Waals surface area contributed by atoms with Gasteiger partial charge in [-0.25, -0.2) is 0 Å². The SMILES string of the molecule is COC(C)CNc1cnccc1CNC1CC1. The Morgan fingerprint density at radius 1 is 1.53 bits per heavy atom. The third kappa shape index (κ3) is 3.98. The molecule has 94 valence electrons. The zero-order valence-electron chi connectivity index (χ0n) is 10.6. The number of pyridine rings is 1. The Morgan fingerprint density at radius 3 is 3.06 bits per heavy atom. The van der Waals surface area contributed by atoms with Crippen molar-refractivity contribution in [3.05, 3.63) is 24.0 Å². The van der Waals surface area contributed by atoms with Crippen molar-refractivity contribution in [2.75, 3.05) is 19.0 Å². The third-order valence-corrected chi connectivity index (χ3v) is 3.05. The molecule has 1 aromatic heterocycles. The van der Waals surface area contributed by atoms with Crippen LogP contribution in [0.4, 0.5) is 5.69 Å². The number of nitrogens with one attached hydrogen (secondary N) is 2. The summed E-state index contributed by atoms with van der Waals surface area (Å²) in [6.45, 7) is 3.76. The van der Waals surface area contributed by atoms with Crippen LogP contribution in [0.15, 0.2) is 18.5 Å². The van der Waals surface area contributed by atoms with E-state index < -0.39 is 0 Å². The van der Waals surface area contributed by atoms with Gasteiger partial charge in [-0.15, -0.1) is 0 Å². The van der Waals surface area contributed by atoms with Crippen molar-refractivity contribution in [1.29, 1.82) is 0 Å². The van der Waals surface area contributed by atoms with E-state index in [-0.39, 0.29) is 6.10 Å². The molecule has 0 radical (unpaired) electrons. The Hall–Kier alpha value is -1.13. The van der Waals surface area contributed by atoms with Gasteiger partial charge < -0.3 is 15.4 Å². The smallest absolute Gasteiger partial charge is 0.0715 e. The summed E-state index contributed by atoms with van der Waals surface area (Å²) in [6.07, 6.45) is 6.56. The largest absolute Gasteiger partial charge is 0.381 e. The molecule has 1 saturated carbocycles. The van der Waals surface area contributed by atoms with E-state index in [0.717, 1.165) is 24.8 Å². The van der Waals surface area contributed by atoms with Gasteiger partial charge in [-0.3, -0.25) is 4.98 Å². The number of methoxy groups -OCH3 is 1. The molecule has 17 heavy (non-hydrogen) atoms. The number of aromatic nitrogens is 1. The summed E-state index contributed by atoms with van der Waals surface area (Å²) in [5.74, 6) is 0. The van der Waals surface area contributed by atoms with E-state index in [1.807, 2.05) is 19.3 Å². The first-order valence-corrected chi connectivity index (χ1v) is 6.22. The highest BCUT2D eigenvalue weighted by molar-refractivity contribution is 5.48. The van der Waals surface area contributed by atoms with Gasteiger partial charge in [0.25, 0.3) is 0 Å². The summed E-state index contributed by atoms with van der Waals surface area (Å²) >= 11 is 0. The lowest BCUT2D eigenvalue weighted by atomic mass is 10.2. The van der Waals surface area contributed by atoms with Crippen molar-refractivity contribution < 1.29 is 4.74 Å². The Kier molecular flexibility index (Phi) is 4.34. The van der Waals surface area contributed by atoms with Crippen LogP contribution in [0.2, 0.25) is 0 Å². The fraction of sp³-hybridized carbons (Fsp3) is 0.615. The molecule has 1 unspecified atom stereocenters. The van der Waals surface area contributed by atoms with E-state index in [1.54, 1.807) is 7.11 Å². The van der Waals surface area contributed by atoms with Crippen LogP contribution in [0.5, 0.6) is 0 Å². The molecule has 0 bridgehead atoms. The van der Waals surface area contributed by atoms with Crippen LogP contribution in [0.1, 0.15) is 25.3 Å². The van der Waals surface area contributed by atoms with Crippen molar-refractivity contribution in [1.82, 2.24) is 10.3 Å². The summed E-state index contributed by atoms with van der Waals surface area (Å²) in [5, 5.41) is 6.90. The first-order valence-electron chi connectivity index (χ1n) is 6.22. The Balaban J connectivity index is 1.89. The number of rotatable bonds is 7. The lowest BCUT2D eigenvalue weighted by molar-refractivity contribution is 0.129. The van der Waals surface area contributed by atoms with E-state index in [9.17, 15) is 0 Å². The lowest BCUT2D eigenvalue weighted by Gasteiger charge is -2.15. The molecule has 1 aliphatic rings. The monoisotopic (exact) mass is 235 g/mol. The molecule has 2 N–H and O–H groups in total. The summed E-state index contributed by atoms with van der Waals surface area (Å²) < 4.78 is 5.22. The quantitative estimate of drug-likeness (QED) is 0.756. The average Bonchev–Trinajstić information content (AvgIpc) is 3.18. The number of hydrogen-bond donors (Lipinski definition) is 2. The maximum absolute atomic E-state index is 5.22. The molecule has 1 aliphatic carbocycles. The second kappa shape index (κ2) is 5.98. The van der Waals surface area contributed by atoms with Crippen LogP contribution in [-0.4, -0.2) is 30.8 Å². The molecule has 0 spiro atoms. The zero-order valence-corrected chi connectivity index (χ0v) is 10.6. The summed E-state index contributed by atoms with van der Waals surface area (Å²) in [5.41, 5.74) is 2.37. The highest BCUT2D eigenvalue weighted by Gasteiger charge is 2.20. The Labute approximate surface area is 103 Å². The van der Waals surface area contributed by atoms with Crippen molar-refractivity contribution in [2.45, 2.75) is 38.5 Å². The summed E-state index contributed by atoms with van der Waals surface area (Å²) in [7, 11) is 1.73. The Bertz CT molecular complexity index is 352. The minimum atomic E-state index is 0.208. The van der Waals surface area contributed by atoms with E-state index in [1.165, 1.54) is 18.4 Å². The molecular weight excluding hydrogens is 214 g/mol. The fourth-order valence-electron chi connectivity index (χ4n) is 1.62. The molecule has 1 aromatic rings. The first kappa shape index (κ1) is 12.3. The molecule has 4 nitrogen and oxygen atoms in total. The van der Waals surface area contributed by atoms with Gasteiger partial charge in [-0.1, -0.05) is 0 Å². The molecule has 1 fully saturated rings. The predicted molar refractivity (Wildman–Crippen MR) is 69.1 cm³/mol. The minimum absolute atomic E-state index is 0.208. The number of anilines is 1. The molecule has 4 heteroatoms. The maximum Gasteiger partial charge on any atom is 0.0715 e. The van der Waals surface area contributed by atoms with Crippen LogP contribution >= 0.6 is 0 Å². The maximum atomic E-state index is 5.22. The highest BCUT2D eigenvalue weighted by atomic mass is 16.5. The molecule has 1 atom stereocenters. The second-order valence-electron chi connectivity index (χ2n) is 4.62. The zero-order chi connectivity index (χ0) is 12.1. The number of nitrogens with zero attached hydrogens (tertiary/aromatic N) is 1. The van der Waals surface area contributed by atoms with E-state index in [2.05, 4.69) is 21.7 Å². The van der Waals surface area contributed by atoms with Gasteiger partial charge in [0.05, 0.1) is 18.0 Å². The molecule has 0 aliphatic heterocycles. The first-order chi connectivity index (χ1) is 8.29. The van der Waals surface area contributed by atoms with Gasteiger partial charge in [-0.2, -0.15) is 0 Å².